The normalized spacial score (nSPS) is 10.4. The minimum atomic E-state index is -0.203. The molecule has 0 bridgehead atoms. The molecular weight excluding hydrogens is 300 g/mol. The Hall–Kier alpha value is -1.11. The number of hydrogen-bond donors (Lipinski definition) is 2. The van der Waals surface area contributed by atoms with Crippen molar-refractivity contribution in [3.8, 4) is 0 Å². The zero-order valence-electron chi connectivity index (χ0n) is 10.2. The van der Waals surface area contributed by atoms with Crippen LogP contribution in [0.1, 0.15) is 10.4 Å². The standard InChI is InChI=1S/C12H17BrN2O3/c1-18-7-5-15(4-6-16)12(17)10-3-2-9(13)8-11(10)14/h2-3,8,16H,4-7,14H2,1H3. The summed E-state index contributed by atoms with van der Waals surface area (Å²) in [5, 5.41) is 8.97. The molecule has 100 valence electrons. The van der Waals surface area contributed by atoms with Crippen molar-refractivity contribution < 1.29 is 14.6 Å². The first-order valence-corrected chi connectivity index (χ1v) is 6.33. The molecule has 1 aromatic carbocycles. The van der Waals surface area contributed by atoms with Crippen LogP contribution in [-0.2, 0) is 4.74 Å². The predicted molar refractivity (Wildman–Crippen MR) is 73.4 cm³/mol. The van der Waals surface area contributed by atoms with Gasteiger partial charge in [-0.2, -0.15) is 0 Å². The fourth-order valence-electron chi connectivity index (χ4n) is 1.54. The third kappa shape index (κ3) is 3.97. The van der Waals surface area contributed by atoms with E-state index in [1.807, 2.05) is 0 Å². The molecule has 3 N–H and O–H groups in total. The number of nitrogens with two attached hydrogens (primary N) is 1. The Balaban J connectivity index is 2.87. The maximum absolute atomic E-state index is 12.2. The lowest BCUT2D eigenvalue weighted by atomic mass is 10.1. The lowest BCUT2D eigenvalue weighted by Gasteiger charge is -2.22. The van der Waals surface area contributed by atoms with E-state index < -0.39 is 0 Å². The Bertz CT molecular complexity index is 412. The summed E-state index contributed by atoms with van der Waals surface area (Å²) in [6, 6.07) is 5.11. The topological polar surface area (TPSA) is 75.8 Å². The molecule has 5 nitrogen and oxygen atoms in total. The molecule has 0 atom stereocenters. The second-order valence-corrected chi connectivity index (χ2v) is 4.66. The monoisotopic (exact) mass is 316 g/mol. The fourth-order valence-corrected chi connectivity index (χ4v) is 1.91. The predicted octanol–water partition coefficient (Wildman–Crippen LogP) is 1.11. The quantitative estimate of drug-likeness (QED) is 0.771. The lowest BCUT2D eigenvalue weighted by Crippen LogP contribution is -2.36. The number of ether oxygens (including phenoxy) is 1. The number of benzene rings is 1. The van der Waals surface area contributed by atoms with Gasteiger partial charge in [-0.15, -0.1) is 0 Å². The van der Waals surface area contributed by atoms with Gasteiger partial charge in [0.25, 0.3) is 5.91 Å². The summed E-state index contributed by atoms with van der Waals surface area (Å²) < 4.78 is 5.76. The van der Waals surface area contributed by atoms with Crippen LogP contribution in [0.25, 0.3) is 0 Å². The van der Waals surface area contributed by atoms with E-state index in [1.165, 1.54) is 4.90 Å². The summed E-state index contributed by atoms with van der Waals surface area (Å²) in [7, 11) is 1.57. The number of nitrogen functional groups attached to an aromatic ring is 1. The number of amides is 1. The number of hydrogen-bond acceptors (Lipinski definition) is 4. The van der Waals surface area contributed by atoms with E-state index in [4.69, 9.17) is 15.6 Å². The Morgan fingerprint density at radius 2 is 2.22 bits per heavy atom. The maximum Gasteiger partial charge on any atom is 0.256 e. The molecule has 1 rings (SSSR count). The smallest absolute Gasteiger partial charge is 0.256 e. The average Bonchev–Trinajstić information content (AvgIpc) is 2.33. The summed E-state index contributed by atoms with van der Waals surface area (Å²) >= 11 is 3.29. The SMILES string of the molecule is COCCN(CCO)C(=O)c1ccc(Br)cc1N. The van der Waals surface area contributed by atoms with Gasteiger partial charge < -0.3 is 20.5 Å². The number of anilines is 1. The number of aliphatic hydroxyl groups is 1. The van der Waals surface area contributed by atoms with Crippen molar-refractivity contribution >= 4 is 27.5 Å². The van der Waals surface area contributed by atoms with Crippen molar-refractivity contribution in [2.75, 3.05) is 39.1 Å². The molecule has 0 aliphatic rings. The molecule has 0 aliphatic heterocycles. The van der Waals surface area contributed by atoms with Gasteiger partial charge in [0, 0.05) is 30.4 Å². The summed E-state index contributed by atoms with van der Waals surface area (Å²) in [5.74, 6) is -0.203. The number of halogens is 1. The second kappa shape index (κ2) is 7.35. The molecule has 0 aromatic heterocycles. The Morgan fingerprint density at radius 1 is 1.50 bits per heavy atom. The van der Waals surface area contributed by atoms with E-state index in [0.29, 0.717) is 24.4 Å². The van der Waals surface area contributed by atoms with Crippen LogP contribution < -0.4 is 5.73 Å². The van der Waals surface area contributed by atoms with Crippen molar-refractivity contribution in [3.63, 3.8) is 0 Å². The first-order chi connectivity index (χ1) is 8.60. The summed E-state index contributed by atoms with van der Waals surface area (Å²) in [6.45, 7) is 1.01. The zero-order valence-corrected chi connectivity index (χ0v) is 11.8. The van der Waals surface area contributed by atoms with Crippen LogP contribution in [0.4, 0.5) is 5.69 Å². The fraction of sp³-hybridized carbons (Fsp3) is 0.417. The van der Waals surface area contributed by atoms with Crippen LogP contribution in [0.3, 0.4) is 0 Å². The first-order valence-electron chi connectivity index (χ1n) is 5.54. The van der Waals surface area contributed by atoms with Gasteiger partial charge in [-0.1, -0.05) is 15.9 Å². The molecule has 6 heteroatoms. The molecule has 0 radical (unpaired) electrons. The third-order valence-electron chi connectivity index (χ3n) is 2.47. The summed E-state index contributed by atoms with van der Waals surface area (Å²) in [4.78, 5) is 13.8. The number of nitrogens with zero attached hydrogens (tertiary/aromatic N) is 1. The number of carbonyl (C=O) groups excluding carboxylic acids is 1. The average molecular weight is 317 g/mol. The van der Waals surface area contributed by atoms with Crippen molar-refractivity contribution in [1.82, 2.24) is 4.90 Å². The molecule has 18 heavy (non-hydrogen) atoms. The van der Waals surface area contributed by atoms with Crippen LogP contribution in [-0.4, -0.2) is 49.3 Å². The second-order valence-electron chi connectivity index (χ2n) is 3.74. The maximum atomic E-state index is 12.2. The van der Waals surface area contributed by atoms with Gasteiger partial charge in [0.2, 0.25) is 0 Å². The minimum absolute atomic E-state index is 0.0914. The van der Waals surface area contributed by atoms with E-state index in [0.717, 1.165) is 4.47 Å². The van der Waals surface area contributed by atoms with E-state index in [1.54, 1.807) is 25.3 Å². The summed E-state index contributed by atoms with van der Waals surface area (Å²) in [5.41, 5.74) is 6.66. The lowest BCUT2D eigenvalue weighted by molar-refractivity contribution is 0.0657. The van der Waals surface area contributed by atoms with Gasteiger partial charge in [0.1, 0.15) is 0 Å². The molecule has 1 aromatic rings. The van der Waals surface area contributed by atoms with Gasteiger partial charge >= 0.3 is 0 Å². The highest BCUT2D eigenvalue weighted by atomic mass is 79.9. The van der Waals surface area contributed by atoms with Gasteiger partial charge in [0.15, 0.2) is 0 Å². The highest BCUT2D eigenvalue weighted by Crippen LogP contribution is 2.20. The van der Waals surface area contributed by atoms with Crippen LogP contribution in [0, 0.1) is 0 Å². The number of rotatable bonds is 6. The molecule has 0 fully saturated rings. The van der Waals surface area contributed by atoms with E-state index in [9.17, 15) is 4.79 Å². The van der Waals surface area contributed by atoms with Gasteiger partial charge in [-0.05, 0) is 18.2 Å². The van der Waals surface area contributed by atoms with Gasteiger partial charge in [0.05, 0.1) is 18.8 Å². The van der Waals surface area contributed by atoms with Crippen molar-refractivity contribution in [3.05, 3.63) is 28.2 Å². The van der Waals surface area contributed by atoms with Crippen molar-refractivity contribution in [1.29, 1.82) is 0 Å². The van der Waals surface area contributed by atoms with Crippen LogP contribution >= 0.6 is 15.9 Å². The van der Waals surface area contributed by atoms with E-state index in [-0.39, 0.29) is 19.1 Å². The molecule has 0 saturated carbocycles. The van der Waals surface area contributed by atoms with Crippen LogP contribution in [0.2, 0.25) is 0 Å². The first kappa shape index (κ1) is 14.9. The van der Waals surface area contributed by atoms with Crippen LogP contribution in [0.5, 0.6) is 0 Å². The molecule has 0 spiro atoms. The summed E-state index contributed by atoms with van der Waals surface area (Å²) in [6.07, 6.45) is 0. The number of aliphatic hydroxyl groups excluding tert-OH is 1. The zero-order chi connectivity index (χ0) is 13.5. The molecular formula is C12H17BrN2O3. The Labute approximate surface area is 115 Å². The van der Waals surface area contributed by atoms with Crippen molar-refractivity contribution in [2.45, 2.75) is 0 Å². The Morgan fingerprint density at radius 3 is 2.78 bits per heavy atom. The molecule has 0 saturated heterocycles. The Kier molecular flexibility index (Phi) is 6.11. The molecule has 0 unspecified atom stereocenters. The van der Waals surface area contributed by atoms with Gasteiger partial charge in [-0.25, -0.2) is 0 Å². The third-order valence-corrected chi connectivity index (χ3v) is 2.96. The highest BCUT2D eigenvalue weighted by molar-refractivity contribution is 9.10. The molecule has 0 heterocycles. The molecule has 1 amide bonds. The van der Waals surface area contributed by atoms with Crippen molar-refractivity contribution in [2.24, 2.45) is 0 Å². The molecule has 0 aliphatic carbocycles. The van der Waals surface area contributed by atoms with E-state index >= 15 is 0 Å². The largest absolute Gasteiger partial charge is 0.398 e. The number of methoxy groups -OCH3 is 1. The van der Waals surface area contributed by atoms with E-state index in [2.05, 4.69) is 15.9 Å². The number of carbonyl (C=O) groups is 1. The minimum Gasteiger partial charge on any atom is -0.398 e. The van der Waals surface area contributed by atoms with Gasteiger partial charge in [-0.3, -0.25) is 4.79 Å². The van der Waals surface area contributed by atoms with Crippen LogP contribution in [0.15, 0.2) is 22.7 Å². The highest BCUT2D eigenvalue weighted by Gasteiger charge is 2.17.